The van der Waals surface area contributed by atoms with Crippen molar-refractivity contribution in [1.82, 2.24) is 4.98 Å². The Bertz CT molecular complexity index is 561. The second-order valence-corrected chi connectivity index (χ2v) is 5.75. The molecule has 0 aliphatic heterocycles. The normalized spacial score (nSPS) is 11.2. The Morgan fingerprint density at radius 3 is 2.61 bits per heavy atom. The molecule has 2 N–H and O–H groups in total. The van der Waals surface area contributed by atoms with Gasteiger partial charge in [0.2, 0.25) is 0 Å². The van der Waals surface area contributed by atoms with Gasteiger partial charge in [-0.3, -0.25) is 0 Å². The molecule has 0 saturated heterocycles. The van der Waals surface area contributed by atoms with E-state index in [1.807, 2.05) is 13.0 Å². The van der Waals surface area contributed by atoms with Crippen molar-refractivity contribution in [2.45, 2.75) is 33.2 Å². The van der Waals surface area contributed by atoms with Crippen LogP contribution in [-0.4, -0.2) is 4.98 Å². The average molecular weight is 264 g/mol. The molecule has 0 radical (unpaired) electrons. The van der Waals surface area contributed by atoms with Gasteiger partial charge in [0.05, 0.1) is 5.69 Å². The molecule has 0 aliphatic rings. The minimum atomic E-state index is -0.220. The fourth-order valence-corrected chi connectivity index (χ4v) is 2.99. The second kappa shape index (κ2) is 5.16. The number of benzene rings is 1. The van der Waals surface area contributed by atoms with E-state index in [-0.39, 0.29) is 5.82 Å². The maximum atomic E-state index is 13.9. The minimum absolute atomic E-state index is 0.220. The predicted octanol–water partition coefficient (Wildman–Crippen LogP) is 3.84. The van der Waals surface area contributed by atoms with Gasteiger partial charge in [-0.2, -0.15) is 0 Å². The van der Waals surface area contributed by atoms with Gasteiger partial charge in [0.25, 0.3) is 0 Å². The number of hydrogen-bond donors (Lipinski definition) is 1. The lowest BCUT2D eigenvalue weighted by Crippen LogP contribution is -1.99. The Morgan fingerprint density at radius 1 is 1.39 bits per heavy atom. The monoisotopic (exact) mass is 264 g/mol. The van der Waals surface area contributed by atoms with Crippen LogP contribution >= 0.6 is 11.3 Å². The average Bonchev–Trinajstić information content (AvgIpc) is 2.73. The van der Waals surface area contributed by atoms with Crippen LogP contribution in [0.2, 0.25) is 0 Å². The van der Waals surface area contributed by atoms with Gasteiger partial charge in [-0.25, -0.2) is 9.37 Å². The smallest absolute Gasteiger partial charge is 0.133 e. The number of aryl methyl sites for hydroxylation is 1. The summed E-state index contributed by atoms with van der Waals surface area (Å²) in [6.07, 6.45) is 0. The number of nitrogens with two attached hydrogens (primary N) is 1. The van der Waals surface area contributed by atoms with Crippen LogP contribution in [0.3, 0.4) is 0 Å². The van der Waals surface area contributed by atoms with Gasteiger partial charge < -0.3 is 5.73 Å². The second-order valence-electron chi connectivity index (χ2n) is 4.67. The fraction of sp³-hybridized carbons (Fsp3) is 0.357. The van der Waals surface area contributed by atoms with Gasteiger partial charge in [0.1, 0.15) is 10.8 Å². The van der Waals surface area contributed by atoms with Crippen molar-refractivity contribution in [3.63, 3.8) is 0 Å². The molecule has 96 valence electrons. The summed E-state index contributed by atoms with van der Waals surface area (Å²) in [4.78, 5) is 5.58. The molecule has 0 saturated carbocycles. The van der Waals surface area contributed by atoms with Crippen LogP contribution in [0, 0.1) is 12.7 Å². The summed E-state index contributed by atoms with van der Waals surface area (Å²) in [5, 5.41) is 0.719. The first-order chi connectivity index (χ1) is 8.52. The Kier molecular flexibility index (Phi) is 3.78. The van der Waals surface area contributed by atoms with E-state index in [0.717, 1.165) is 21.1 Å². The number of thiazole rings is 1. The molecule has 1 aromatic heterocycles. The highest BCUT2D eigenvalue weighted by atomic mass is 32.1. The highest BCUT2D eigenvalue weighted by Crippen LogP contribution is 2.33. The zero-order valence-electron chi connectivity index (χ0n) is 10.8. The minimum Gasteiger partial charge on any atom is -0.326 e. The molecule has 0 unspecified atom stereocenters. The van der Waals surface area contributed by atoms with E-state index in [2.05, 4.69) is 18.8 Å². The van der Waals surface area contributed by atoms with Crippen LogP contribution < -0.4 is 5.73 Å². The maximum Gasteiger partial charge on any atom is 0.133 e. The SMILES string of the molecule is Cc1ccc(-c2nc(C(C)C)c(CN)s2)c(F)c1. The van der Waals surface area contributed by atoms with Crippen LogP contribution in [0.5, 0.6) is 0 Å². The quantitative estimate of drug-likeness (QED) is 0.914. The molecule has 0 amide bonds. The van der Waals surface area contributed by atoms with E-state index < -0.39 is 0 Å². The summed E-state index contributed by atoms with van der Waals surface area (Å²) in [6.45, 7) is 6.48. The first-order valence-electron chi connectivity index (χ1n) is 5.99. The highest BCUT2D eigenvalue weighted by molar-refractivity contribution is 7.15. The van der Waals surface area contributed by atoms with Gasteiger partial charge in [-0.05, 0) is 30.5 Å². The number of aromatic nitrogens is 1. The molecule has 1 aromatic carbocycles. The highest BCUT2D eigenvalue weighted by Gasteiger charge is 2.16. The van der Waals surface area contributed by atoms with Gasteiger partial charge >= 0.3 is 0 Å². The van der Waals surface area contributed by atoms with E-state index in [1.54, 1.807) is 6.07 Å². The number of rotatable bonds is 3. The van der Waals surface area contributed by atoms with Crippen molar-refractivity contribution < 1.29 is 4.39 Å². The molecule has 2 rings (SSSR count). The summed E-state index contributed by atoms with van der Waals surface area (Å²) in [6, 6.07) is 5.22. The summed E-state index contributed by atoms with van der Waals surface area (Å²) in [5.41, 5.74) is 8.18. The Morgan fingerprint density at radius 2 is 2.11 bits per heavy atom. The van der Waals surface area contributed by atoms with Crippen LogP contribution in [-0.2, 0) is 6.54 Å². The molecule has 4 heteroatoms. The molecular weight excluding hydrogens is 247 g/mol. The van der Waals surface area contributed by atoms with E-state index in [1.165, 1.54) is 17.4 Å². The number of hydrogen-bond acceptors (Lipinski definition) is 3. The fourth-order valence-electron chi connectivity index (χ4n) is 1.87. The van der Waals surface area contributed by atoms with Crippen LogP contribution in [0.25, 0.3) is 10.6 Å². The van der Waals surface area contributed by atoms with E-state index in [4.69, 9.17) is 5.73 Å². The van der Waals surface area contributed by atoms with Crippen molar-refractivity contribution in [2.24, 2.45) is 5.73 Å². The standard InChI is InChI=1S/C14H17FN2S/c1-8(2)13-12(7-16)18-14(17-13)10-5-4-9(3)6-11(10)15/h4-6,8H,7,16H2,1-3H3. The Labute approximate surface area is 111 Å². The van der Waals surface area contributed by atoms with Crippen LogP contribution in [0.15, 0.2) is 18.2 Å². The largest absolute Gasteiger partial charge is 0.326 e. The zero-order valence-corrected chi connectivity index (χ0v) is 11.6. The van der Waals surface area contributed by atoms with Crippen LogP contribution in [0.1, 0.15) is 35.9 Å². The predicted molar refractivity (Wildman–Crippen MR) is 74.2 cm³/mol. The molecule has 2 nitrogen and oxygen atoms in total. The van der Waals surface area contributed by atoms with Crippen LogP contribution in [0.4, 0.5) is 4.39 Å². The number of nitrogens with zero attached hydrogens (tertiary/aromatic N) is 1. The van der Waals surface area contributed by atoms with Gasteiger partial charge in [0, 0.05) is 17.0 Å². The summed E-state index contributed by atoms with van der Waals surface area (Å²) in [7, 11) is 0. The van der Waals surface area contributed by atoms with E-state index in [9.17, 15) is 4.39 Å². The molecule has 0 spiro atoms. The molecule has 0 atom stereocenters. The third-order valence-electron chi connectivity index (χ3n) is 2.81. The molecule has 0 aliphatic carbocycles. The van der Waals surface area contributed by atoms with Gasteiger partial charge in [-0.1, -0.05) is 19.9 Å². The summed E-state index contributed by atoms with van der Waals surface area (Å²) in [5.74, 6) is 0.0877. The number of halogens is 1. The van der Waals surface area contributed by atoms with Crippen molar-refractivity contribution in [3.8, 4) is 10.6 Å². The first kappa shape index (κ1) is 13.2. The van der Waals surface area contributed by atoms with Crippen molar-refractivity contribution in [2.75, 3.05) is 0 Å². The molecule has 1 heterocycles. The molecule has 18 heavy (non-hydrogen) atoms. The van der Waals surface area contributed by atoms with E-state index >= 15 is 0 Å². The van der Waals surface area contributed by atoms with Crippen molar-refractivity contribution in [1.29, 1.82) is 0 Å². The third kappa shape index (κ3) is 2.44. The molecular formula is C14H17FN2S. The zero-order chi connectivity index (χ0) is 13.3. The molecule has 0 fully saturated rings. The summed E-state index contributed by atoms with van der Waals surface area (Å²) < 4.78 is 13.9. The summed E-state index contributed by atoms with van der Waals surface area (Å²) >= 11 is 1.48. The third-order valence-corrected chi connectivity index (χ3v) is 3.94. The first-order valence-corrected chi connectivity index (χ1v) is 6.80. The molecule has 2 aromatic rings. The van der Waals surface area contributed by atoms with Crippen molar-refractivity contribution >= 4 is 11.3 Å². The lowest BCUT2D eigenvalue weighted by atomic mass is 10.1. The van der Waals surface area contributed by atoms with Gasteiger partial charge in [-0.15, -0.1) is 11.3 Å². The lowest BCUT2D eigenvalue weighted by molar-refractivity contribution is 0.630. The van der Waals surface area contributed by atoms with Gasteiger partial charge in [0.15, 0.2) is 0 Å². The topological polar surface area (TPSA) is 38.9 Å². The van der Waals surface area contributed by atoms with E-state index in [0.29, 0.717) is 18.0 Å². The Balaban J connectivity index is 2.51. The Hall–Kier alpha value is -1.26. The van der Waals surface area contributed by atoms with Crippen molar-refractivity contribution in [3.05, 3.63) is 40.2 Å². The lowest BCUT2D eigenvalue weighted by Gasteiger charge is -2.02. The maximum absolute atomic E-state index is 13.9. The molecule has 0 bridgehead atoms.